The topological polar surface area (TPSA) is 95.5 Å². The van der Waals surface area contributed by atoms with E-state index < -0.39 is 17.8 Å². The van der Waals surface area contributed by atoms with E-state index in [1.54, 1.807) is 0 Å². The van der Waals surface area contributed by atoms with E-state index in [9.17, 15) is 19.5 Å². The summed E-state index contributed by atoms with van der Waals surface area (Å²) in [5.74, 6) is -2.92. The minimum absolute atomic E-state index is 0.237. The molecule has 0 bridgehead atoms. The molecule has 0 radical (unpaired) electrons. The highest BCUT2D eigenvalue weighted by molar-refractivity contribution is 7.17. The second-order valence-electron chi connectivity index (χ2n) is 8.07. The Labute approximate surface area is 185 Å². The molecule has 0 saturated heterocycles. The fourth-order valence-corrected chi connectivity index (χ4v) is 5.66. The predicted octanol–water partition coefficient (Wildman–Crippen LogP) is 4.87. The summed E-state index contributed by atoms with van der Waals surface area (Å²) in [5.41, 5.74) is 2.24. The number of fused-ring (bicyclic) bond motifs is 1. The normalized spacial score (nSPS) is 20.4. The molecule has 2 aromatic rings. The molecule has 0 unspecified atom stereocenters. The first kappa shape index (κ1) is 21.3. The summed E-state index contributed by atoms with van der Waals surface area (Å²) >= 11 is 1.46. The number of allylic oxidation sites excluding steroid dienone is 2. The number of aliphatic carboxylic acids is 1. The number of hydrogen-bond donors (Lipinski definition) is 3. The number of benzene rings is 1. The van der Waals surface area contributed by atoms with E-state index >= 15 is 0 Å². The third kappa shape index (κ3) is 4.71. The molecule has 2 atom stereocenters. The summed E-state index contributed by atoms with van der Waals surface area (Å²) in [6.45, 7) is 0. The molecule has 3 N–H and O–H groups in total. The van der Waals surface area contributed by atoms with Crippen LogP contribution in [0.2, 0.25) is 0 Å². The molecule has 0 fully saturated rings. The fraction of sp³-hybridized carbons (Fsp3) is 0.375. The van der Waals surface area contributed by atoms with Gasteiger partial charge in [-0.1, -0.05) is 36.8 Å². The Morgan fingerprint density at radius 1 is 0.903 bits per heavy atom. The predicted molar refractivity (Wildman–Crippen MR) is 122 cm³/mol. The number of hydrogen-bond acceptors (Lipinski definition) is 4. The average molecular weight is 439 g/mol. The zero-order valence-corrected chi connectivity index (χ0v) is 18.0. The first-order valence-electron chi connectivity index (χ1n) is 10.7. The number of carboxylic acid groups (broad SMARTS) is 1. The quantitative estimate of drug-likeness (QED) is 0.458. The van der Waals surface area contributed by atoms with Gasteiger partial charge in [-0.05, 0) is 56.2 Å². The van der Waals surface area contributed by atoms with Crippen molar-refractivity contribution in [2.45, 2.75) is 44.9 Å². The summed E-state index contributed by atoms with van der Waals surface area (Å²) in [5, 5.41) is 15.9. The maximum absolute atomic E-state index is 13.2. The molecule has 1 aromatic heterocycles. The SMILES string of the molecule is O=C(Nc1ccccc1)c1c(NC(=O)[C@H]2CC=CC[C@@H]2C(=O)O)sc2c1CCCCC2. The van der Waals surface area contributed by atoms with Gasteiger partial charge in [-0.15, -0.1) is 11.3 Å². The van der Waals surface area contributed by atoms with Gasteiger partial charge in [0, 0.05) is 10.6 Å². The maximum Gasteiger partial charge on any atom is 0.307 e. The largest absolute Gasteiger partial charge is 0.481 e. The lowest BCUT2D eigenvalue weighted by Crippen LogP contribution is -2.35. The second-order valence-corrected chi connectivity index (χ2v) is 9.18. The number of thiophene rings is 1. The Morgan fingerprint density at radius 2 is 1.61 bits per heavy atom. The van der Waals surface area contributed by atoms with Crippen LogP contribution in [0.3, 0.4) is 0 Å². The lowest BCUT2D eigenvalue weighted by atomic mass is 9.82. The van der Waals surface area contributed by atoms with Crippen molar-refractivity contribution < 1.29 is 19.5 Å². The van der Waals surface area contributed by atoms with Crippen LogP contribution in [0.15, 0.2) is 42.5 Å². The van der Waals surface area contributed by atoms with Crippen molar-refractivity contribution in [3.63, 3.8) is 0 Å². The van der Waals surface area contributed by atoms with Gasteiger partial charge in [-0.3, -0.25) is 14.4 Å². The van der Waals surface area contributed by atoms with Gasteiger partial charge >= 0.3 is 5.97 Å². The van der Waals surface area contributed by atoms with Crippen LogP contribution in [0.5, 0.6) is 0 Å². The van der Waals surface area contributed by atoms with Crippen LogP contribution in [-0.4, -0.2) is 22.9 Å². The van der Waals surface area contributed by atoms with Crippen molar-refractivity contribution in [2.75, 3.05) is 10.6 Å². The zero-order chi connectivity index (χ0) is 21.8. The van der Waals surface area contributed by atoms with Gasteiger partial charge in [0.2, 0.25) is 5.91 Å². The summed E-state index contributed by atoms with van der Waals surface area (Å²) < 4.78 is 0. The minimum atomic E-state index is -0.964. The van der Waals surface area contributed by atoms with Crippen LogP contribution in [-0.2, 0) is 22.4 Å². The number of aryl methyl sites for hydroxylation is 1. The number of carbonyl (C=O) groups excluding carboxylic acids is 2. The molecule has 7 heteroatoms. The van der Waals surface area contributed by atoms with Gasteiger partial charge in [-0.2, -0.15) is 0 Å². The summed E-state index contributed by atoms with van der Waals surface area (Å²) in [7, 11) is 0. The molecular formula is C24H26N2O4S. The van der Waals surface area contributed by atoms with E-state index in [2.05, 4.69) is 10.6 Å². The van der Waals surface area contributed by atoms with Crippen LogP contribution >= 0.6 is 11.3 Å². The standard InChI is InChI=1S/C24H26N2O4S/c27-21(16-11-7-8-12-17(16)24(29)30)26-23-20(18-13-5-2-6-14-19(18)31-23)22(28)25-15-9-3-1-4-10-15/h1,3-4,7-10,16-17H,2,5-6,11-14H2,(H,25,28)(H,26,27)(H,29,30)/t16-,17-/m0/s1. The van der Waals surface area contributed by atoms with Crippen LogP contribution in [0.25, 0.3) is 0 Å². The van der Waals surface area contributed by atoms with Crippen molar-refractivity contribution in [2.24, 2.45) is 11.8 Å². The molecule has 2 amide bonds. The van der Waals surface area contributed by atoms with E-state index in [1.807, 2.05) is 42.5 Å². The number of carbonyl (C=O) groups is 3. The molecule has 2 aliphatic carbocycles. The Balaban J connectivity index is 1.63. The molecule has 162 valence electrons. The van der Waals surface area contributed by atoms with Gasteiger partial charge in [0.15, 0.2) is 0 Å². The lowest BCUT2D eigenvalue weighted by molar-refractivity contribution is -0.146. The number of amides is 2. The molecule has 0 aliphatic heterocycles. The van der Waals surface area contributed by atoms with Gasteiger partial charge in [0.1, 0.15) is 5.00 Å². The monoisotopic (exact) mass is 438 g/mol. The Bertz CT molecular complexity index is 1010. The van der Waals surface area contributed by atoms with E-state index in [-0.39, 0.29) is 11.8 Å². The lowest BCUT2D eigenvalue weighted by Gasteiger charge is -2.24. The molecule has 2 aliphatic rings. The van der Waals surface area contributed by atoms with E-state index in [0.29, 0.717) is 29.1 Å². The molecule has 0 spiro atoms. The number of anilines is 2. The first-order chi connectivity index (χ1) is 15.0. The highest BCUT2D eigenvalue weighted by Crippen LogP contribution is 2.39. The first-order valence-corrected chi connectivity index (χ1v) is 11.6. The maximum atomic E-state index is 13.2. The Hall–Kier alpha value is -2.93. The summed E-state index contributed by atoms with van der Waals surface area (Å²) in [4.78, 5) is 39.1. The van der Waals surface area contributed by atoms with Crippen LogP contribution in [0.1, 0.15) is 52.9 Å². The third-order valence-electron chi connectivity index (χ3n) is 6.00. The smallest absolute Gasteiger partial charge is 0.307 e. The van der Waals surface area contributed by atoms with E-state index in [1.165, 1.54) is 11.3 Å². The van der Waals surface area contributed by atoms with Crippen LogP contribution in [0.4, 0.5) is 10.7 Å². The number of nitrogens with one attached hydrogen (secondary N) is 2. The van der Waals surface area contributed by atoms with Gasteiger partial charge in [0.25, 0.3) is 5.91 Å². The third-order valence-corrected chi connectivity index (χ3v) is 7.21. The number of rotatable bonds is 5. The van der Waals surface area contributed by atoms with Crippen molar-refractivity contribution >= 4 is 39.8 Å². The van der Waals surface area contributed by atoms with Crippen molar-refractivity contribution in [1.29, 1.82) is 0 Å². The molecule has 0 saturated carbocycles. The second kappa shape index (κ2) is 9.47. The van der Waals surface area contributed by atoms with Gasteiger partial charge in [0.05, 0.1) is 17.4 Å². The average Bonchev–Trinajstić information content (AvgIpc) is 2.94. The molecule has 1 aromatic carbocycles. The van der Waals surface area contributed by atoms with Crippen molar-refractivity contribution in [3.8, 4) is 0 Å². The van der Waals surface area contributed by atoms with Gasteiger partial charge < -0.3 is 15.7 Å². The zero-order valence-electron chi connectivity index (χ0n) is 17.2. The summed E-state index contributed by atoms with van der Waals surface area (Å²) in [6.07, 6.45) is 9.30. The number of carboxylic acids is 1. The Kier molecular flexibility index (Phi) is 6.51. The highest BCUT2D eigenvalue weighted by atomic mass is 32.1. The van der Waals surface area contributed by atoms with Crippen molar-refractivity contribution in [1.82, 2.24) is 0 Å². The molecule has 1 heterocycles. The highest BCUT2D eigenvalue weighted by Gasteiger charge is 2.35. The molecule has 4 rings (SSSR count). The van der Waals surface area contributed by atoms with Crippen LogP contribution in [0, 0.1) is 11.8 Å². The summed E-state index contributed by atoms with van der Waals surface area (Å²) in [6, 6.07) is 9.25. The van der Waals surface area contributed by atoms with Crippen LogP contribution < -0.4 is 10.6 Å². The Morgan fingerprint density at radius 3 is 2.35 bits per heavy atom. The van der Waals surface area contributed by atoms with E-state index in [4.69, 9.17) is 0 Å². The minimum Gasteiger partial charge on any atom is -0.481 e. The molecule has 31 heavy (non-hydrogen) atoms. The number of para-hydroxylation sites is 1. The molecule has 6 nitrogen and oxygen atoms in total. The molecular weight excluding hydrogens is 412 g/mol. The van der Waals surface area contributed by atoms with Gasteiger partial charge in [-0.25, -0.2) is 0 Å². The van der Waals surface area contributed by atoms with Crippen molar-refractivity contribution in [3.05, 3.63) is 58.5 Å². The fourth-order valence-electron chi connectivity index (χ4n) is 4.37. The van der Waals surface area contributed by atoms with E-state index in [0.717, 1.165) is 42.5 Å².